The van der Waals surface area contributed by atoms with Crippen molar-refractivity contribution in [3.05, 3.63) is 36.4 Å². The second kappa shape index (κ2) is 7.20. The number of aromatic nitrogens is 5. The van der Waals surface area contributed by atoms with Crippen LogP contribution in [0, 0.1) is 0 Å². The Labute approximate surface area is 179 Å². The molecule has 4 aromatic rings. The second-order valence-corrected chi connectivity index (χ2v) is 9.57. The van der Waals surface area contributed by atoms with E-state index in [0.717, 1.165) is 11.0 Å². The molecular weight excluding hydrogens is 418 g/mol. The molecule has 0 radical (unpaired) electrons. The predicted molar refractivity (Wildman–Crippen MR) is 118 cm³/mol. The minimum atomic E-state index is -3.50. The largest absolute Gasteiger partial charge is 0.377 e. The fraction of sp³-hybridized carbons (Fsp3) is 0.350. The summed E-state index contributed by atoms with van der Waals surface area (Å²) in [6, 6.07) is 11.1. The molecule has 11 heteroatoms. The van der Waals surface area contributed by atoms with Gasteiger partial charge in [-0.15, -0.1) is 5.10 Å². The lowest BCUT2D eigenvalue weighted by molar-refractivity contribution is 0.0986. The Hall–Kier alpha value is -3.18. The van der Waals surface area contributed by atoms with Crippen LogP contribution in [-0.2, 0) is 14.6 Å². The lowest BCUT2D eigenvalue weighted by Crippen LogP contribution is -2.44. The monoisotopic (exact) mass is 441 g/mol. The minimum Gasteiger partial charge on any atom is -0.377 e. The van der Waals surface area contributed by atoms with Gasteiger partial charge in [0.05, 0.1) is 30.3 Å². The molecule has 1 N–H and O–H groups in total. The number of ether oxygens (including phenoxy) is 1. The fourth-order valence-electron chi connectivity index (χ4n) is 3.97. The number of para-hydroxylation sites is 2. The molecule has 162 valence electrons. The maximum atomic E-state index is 12.4. The third-order valence-electron chi connectivity index (χ3n) is 5.45. The number of benzene rings is 1. The summed E-state index contributed by atoms with van der Waals surface area (Å²) in [6.45, 7) is 3.85. The highest BCUT2D eigenvalue weighted by molar-refractivity contribution is 7.90. The number of anilines is 2. The molecule has 1 atom stereocenters. The molecule has 10 nitrogen and oxygen atoms in total. The Balaban J connectivity index is 1.84. The van der Waals surface area contributed by atoms with Gasteiger partial charge >= 0.3 is 0 Å². The van der Waals surface area contributed by atoms with Crippen LogP contribution in [-0.4, -0.2) is 71.7 Å². The van der Waals surface area contributed by atoms with Crippen molar-refractivity contribution in [3.8, 4) is 5.95 Å². The van der Waals surface area contributed by atoms with Gasteiger partial charge in [0.25, 0.3) is 5.95 Å². The maximum absolute atomic E-state index is 12.4. The van der Waals surface area contributed by atoms with E-state index < -0.39 is 9.84 Å². The number of nitrogens with zero attached hydrogens (tertiary/aromatic N) is 6. The zero-order chi connectivity index (χ0) is 21.8. The fourth-order valence-corrected chi connectivity index (χ4v) is 4.74. The third-order valence-corrected chi connectivity index (χ3v) is 6.52. The molecule has 4 heterocycles. The van der Waals surface area contributed by atoms with E-state index in [9.17, 15) is 8.42 Å². The SMILES string of the molecule is CNc1nc2ccccc2n1-c1nc(N2CCOC[C@H]2C)c2ccc(S(C)(=O)=O)n2n1. The molecule has 1 aliphatic heterocycles. The van der Waals surface area contributed by atoms with Crippen molar-refractivity contribution >= 4 is 38.2 Å². The summed E-state index contributed by atoms with van der Waals surface area (Å²) in [4.78, 5) is 11.6. The van der Waals surface area contributed by atoms with E-state index in [1.54, 1.807) is 23.7 Å². The van der Waals surface area contributed by atoms with Gasteiger partial charge in [-0.05, 0) is 31.2 Å². The Bertz CT molecular complexity index is 1390. The number of hydrogen-bond acceptors (Lipinski definition) is 8. The van der Waals surface area contributed by atoms with E-state index in [2.05, 4.69) is 27.2 Å². The average Bonchev–Trinajstić information content (AvgIpc) is 3.34. The molecule has 1 fully saturated rings. The van der Waals surface area contributed by atoms with Gasteiger partial charge in [0.15, 0.2) is 20.7 Å². The summed E-state index contributed by atoms with van der Waals surface area (Å²) >= 11 is 0. The smallest absolute Gasteiger partial charge is 0.257 e. The molecule has 3 aromatic heterocycles. The number of hydrogen-bond donors (Lipinski definition) is 1. The van der Waals surface area contributed by atoms with Crippen molar-refractivity contribution in [1.82, 2.24) is 24.1 Å². The highest BCUT2D eigenvalue weighted by atomic mass is 32.2. The van der Waals surface area contributed by atoms with E-state index in [0.29, 0.717) is 43.0 Å². The molecule has 0 unspecified atom stereocenters. The quantitative estimate of drug-likeness (QED) is 0.510. The summed E-state index contributed by atoms with van der Waals surface area (Å²) in [7, 11) is -1.73. The lowest BCUT2D eigenvalue weighted by Gasteiger charge is -2.34. The van der Waals surface area contributed by atoms with Gasteiger partial charge in [-0.25, -0.2) is 22.5 Å². The predicted octanol–water partition coefficient (Wildman–Crippen LogP) is 1.74. The summed E-state index contributed by atoms with van der Waals surface area (Å²) in [5, 5.41) is 7.84. The van der Waals surface area contributed by atoms with Crippen LogP contribution in [0.3, 0.4) is 0 Å². The average molecular weight is 442 g/mol. The van der Waals surface area contributed by atoms with Crippen LogP contribution in [0.25, 0.3) is 22.5 Å². The first-order chi connectivity index (χ1) is 14.9. The number of fused-ring (bicyclic) bond motifs is 2. The zero-order valence-electron chi connectivity index (χ0n) is 17.5. The molecule has 1 aromatic carbocycles. The van der Waals surface area contributed by atoms with Crippen molar-refractivity contribution in [2.75, 3.05) is 43.3 Å². The molecule has 0 aliphatic carbocycles. The molecule has 5 rings (SSSR count). The molecular formula is C20H23N7O3S. The Morgan fingerprint density at radius 2 is 1.94 bits per heavy atom. The number of rotatable bonds is 4. The van der Waals surface area contributed by atoms with E-state index >= 15 is 0 Å². The minimum absolute atomic E-state index is 0.0835. The third kappa shape index (κ3) is 3.20. The van der Waals surface area contributed by atoms with Gasteiger partial charge < -0.3 is 15.0 Å². The number of nitrogens with one attached hydrogen (secondary N) is 1. The maximum Gasteiger partial charge on any atom is 0.257 e. The normalized spacial score (nSPS) is 17.5. The number of sulfone groups is 1. The first-order valence-corrected chi connectivity index (χ1v) is 11.9. The number of morpholine rings is 1. The Morgan fingerprint density at radius 3 is 2.68 bits per heavy atom. The standard InChI is InChI=1S/C20H23N7O3S/c1-13-12-30-11-10-25(13)18-16-8-9-17(31(3,28)29)27(16)24-20(23-18)26-15-7-5-4-6-14(15)22-19(26)21-2/h4-9,13H,10-12H2,1-3H3,(H,21,22)/t13-/m1/s1. The molecule has 0 saturated carbocycles. The Kier molecular flexibility index (Phi) is 4.59. The van der Waals surface area contributed by atoms with Gasteiger partial charge in [-0.2, -0.15) is 4.98 Å². The van der Waals surface area contributed by atoms with Gasteiger partial charge in [0.1, 0.15) is 5.52 Å². The van der Waals surface area contributed by atoms with Crippen molar-refractivity contribution in [1.29, 1.82) is 0 Å². The summed E-state index contributed by atoms with van der Waals surface area (Å²) in [5.41, 5.74) is 2.24. The summed E-state index contributed by atoms with van der Waals surface area (Å²) in [6.07, 6.45) is 1.18. The molecule has 0 amide bonds. The molecule has 0 spiro atoms. The topological polar surface area (TPSA) is 107 Å². The first-order valence-electron chi connectivity index (χ1n) is 9.98. The van der Waals surface area contributed by atoms with Crippen LogP contribution < -0.4 is 10.2 Å². The van der Waals surface area contributed by atoms with Crippen LogP contribution in [0.5, 0.6) is 0 Å². The van der Waals surface area contributed by atoms with E-state index in [1.807, 2.05) is 24.3 Å². The van der Waals surface area contributed by atoms with E-state index in [-0.39, 0.29) is 11.1 Å². The van der Waals surface area contributed by atoms with Crippen molar-refractivity contribution < 1.29 is 13.2 Å². The molecule has 31 heavy (non-hydrogen) atoms. The van der Waals surface area contributed by atoms with Crippen LogP contribution in [0.2, 0.25) is 0 Å². The van der Waals surface area contributed by atoms with Gasteiger partial charge in [-0.3, -0.25) is 0 Å². The molecule has 1 saturated heterocycles. The molecule has 1 aliphatic rings. The summed E-state index contributed by atoms with van der Waals surface area (Å²) in [5.74, 6) is 1.56. The van der Waals surface area contributed by atoms with Crippen LogP contribution in [0.1, 0.15) is 6.92 Å². The molecule has 0 bridgehead atoms. The second-order valence-electron chi connectivity index (χ2n) is 7.60. The van der Waals surface area contributed by atoms with Crippen LogP contribution >= 0.6 is 0 Å². The van der Waals surface area contributed by atoms with Crippen molar-refractivity contribution in [2.24, 2.45) is 0 Å². The van der Waals surface area contributed by atoms with Gasteiger partial charge in [-0.1, -0.05) is 12.1 Å². The van der Waals surface area contributed by atoms with Crippen LogP contribution in [0.15, 0.2) is 41.4 Å². The summed E-state index contributed by atoms with van der Waals surface area (Å²) < 4.78 is 33.7. The van der Waals surface area contributed by atoms with Crippen molar-refractivity contribution in [2.45, 2.75) is 18.0 Å². The number of imidazole rings is 1. The van der Waals surface area contributed by atoms with Crippen molar-refractivity contribution in [3.63, 3.8) is 0 Å². The van der Waals surface area contributed by atoms with E-state index in [1.165, 1.54) is 10.8 Å². The zero-order valence-corrected chi connectivity index (χ0v) is 18.3. The highest BCUT2D eigenvalue weighted by Gasteiger charge is 2.27. The Morgan fingerprint density at radius 1 is 1.13 bits per heavy atom. The van der Waals surface area contributed by atoms with E-state index in [4.69, 9.17) is 9.72 Å². The lowest BCUT2D eigenvalue weighted by atomic mass is 10.2. The van der Waals surface area contributed by atoms with Gasteiger partial charge in [0, 0.05) is 19.8 Å². The first kappa shape index (κ1) is 19.8. The highest BCUT2D eigenvalue weighted by Crippen LogP contribution is 2.29. The van der Waals surface area contributed by atoms with Gasteiger partial charge in [0.2, 0.25) is 5.95 Å². The van der Waals surface area contributed by atoms with Crippen LogP contribution in [0.4, 0.5) is 11.8 Å².